The maximum absolute atomic E-state index is 12.2. The van der Waals surface area contributed by atoms with E-state index in [0.717, 1.165) is 44.1 Å². The van der Waals surface area contributed by atoms with Crippen LogP contribution in [0.1, 0.15) is 72.1 Å². The third kappa shape index (κ3) is 1.96. The summed E-state index contributed by atoms with van der Waals surface area (Å²) >= 11 is 0. The van der Waals surface area contributed by atoms with Gasteiger partial charge in [-0.2, -0.15) is 0 Å². The van der Waals surface area contributed by atoms with Gasteiger partial charge in [-0.3, -0.25) is 9.59 Å². The Morgan fingerprint density at radius 3 is 2.50 bits per heavy atom. The highest BCUT2D eigenvalue weighted by Crippen LogP contribution is 2.66. The molecule has 3 heteroatoms. The van der Waals surface area contributed by atoms with Gasteiger partial charge < -0.3 is 5.11 Å². The average molecular weight is 330 g/mol. The van der Waals surface area contributed by atoms with Gasteiger partial charge in [0.05, 0.1) is 0 Å². The number of fused-ring (bicyclic) bond motifs is 5. The number of Topliss-reactive ketones (excluding diaryl/α,β-unsaturated/α-hetero) is 2. The fraction of sp³-hybridized carbons (Fsp3) is 0.810. The lowest BCUT2D eigenvalue weighted by atomic mass is 9.46. The first-order chi connectivity index (χ1) is 11.3. The van der Waals surface area contributed by atoms with Gasteiger partial charge >= 0.3 is 0 Å². The van der Waals surface area contributed by atoms with E-state index < -0.39 is 0 Å². The summed E-state index contributed by atoms with van der Waals surface area (Å²) in [6, 6.07) is 0. The third-order valence-corrected chi connectivity index (χ3v) is 8.58. The summed E-state index contributed by atoms with van der Waals surface area (Å²) in [5.74, 6) is 2.52. The number of aliphatic hydroxyl groups is 1. The summed E-state index contributed by atoms with van der Waals surface area (Å²) < 4.78 is 0. The van der Waals surface area contributed by atoms with E-state index in [0.29, 0.717) is 30.0 Å². The van der Waals surface area contributed by atoms with Crippen molar-refractivity contribution in [2.75, 3.05) is 0 Å². The van der Waals surface area contributed by atoms with Crippen molar-refractivity contribution in [2.45, 2.75) is 72.1 Å². The van der Waals surface area contributed by atoms with Crippen LogP contribution in [0.2, 0.25) is 0 Å². The second kappa shape index (κ2) is 5.19. The molecule has 0 spiro atoms. The first-order valence-corrected chi connectivity index (χ1v) is 9.75. The lowest BCUT2D eigenvalue weighted by Crippen LogP contribution is -2.51. The Balaban J connectivity index is 1.69. The molecule has 4 aliphatic carbocycles. The van der Waals surface area contributed by atoms with Crippen molar-refractivity contribution >= 4 is 11.6 Å². The molecule has 0 aliphatic heterocycles. The summed E-state index contributed by atoms with van der Waals surface area (Å²) in [6.45, 7) is 6.43. The monoisotopic (exact) mass is 330 g/mol. The number of hydrogen-bond donors (Lipinski definition) is 1. The van der Waals surface area contributed by atoms with E-state index in [-0.39, 0.29) is 28.3 Å². The van der Waals surface area contributed by atoms with E-state index in [1.165, 1.54) is 6.42 Å². The zero-order valence-corrected chi connectivity index (χ0v) is 15.2. The first kappa shape index (κ1) is 16.4. The quantitative estimate of drug-likeness (QED) is 0.764. The molecule has 132 valence electrons. The first-order valence-electron chi connectivity index (χ1n) is 9.75. The summed E-state index contributed by atoms with van der Waals surface area (Å²) in [4.78, 5) is 24.1. The zero-order chi connectivity index (χ0) is 17.3. The SMILES string of the molecule is CC(=O)C1CC[C@H]2[C@@H]3CCC4=C(O)C(=O)CC[C@]4(C)[C@H]3CC[C@]12C. The van der Waals surface area contributed by atoms with Gasteiger partial charge in [-0.15, -0.1) is 0 Å². The minimum absolute atomic E-state index is 0.00342. The summed E-state index contributed by atoms with van der Waals surface area (Å²) in [5.41, 5.74) is 1.22. The predicted molar refractivity (Wildman–Crippen MR) is 92.5 cm³/mol. The highest BCUT2D eigenvalue weighted by atomic mass is 16.3. The van der Waals surface area contributed by atoms with Gasteiger partial charge in [-0.1, -0.05) is 13.8 Å². The second-order valence-electron chi connectivity index (χ2n) is 9.37. The Morgan fingerprint density at radius 2 is 1.79 bits per heavy atom. The molecule has 1 unspecified atom stereocenters. The number of allylic oxidation sites excluding steroid dienone is 1. The number of ketones is 2. The van der Waals surface area contributed by atoms with E-state index >= 15 is 0 Å². The lowest BCUT2D eigenvalue weighted by Gasteiger charge is -2.58. The van der Waals surface area contributed by atoms with Crippen LogP contribution in [0.5, 0.6) is 0 Å². The van der Waals surface area contributed by atoms with Crippen LogP contribution >= 0.6 is 0 Å². The molecule has 0 aromatic heterocycles. The van der Waals surface area contributed by atoms with Gasteiger partial charge in [-0.25, -0.2) is 0 Å². The molecular formula is C21H30O3. The maximum atomic E-state index is 12.2. The average Bonchev–Trinajstić information content (AvgIpc) is 2.89. The van der Waals surface area contributed by atoms with E-state index in [9.17, 15) is 14.7 Å². The number of carbonyl (C=O) groups is 2. The number of carbonyl (C=O) groups excluding carboxylic acids is 2. The topological polar surface area (TPSA) is 54.4 Å². The predicted octanol–water partition coefficient (Wildman–Crippen LogP) is 4.61. The molecule has 3 fully saturated rings. The van der Waals surface area contributed by atoms with Gasteiger partial charge in [0.1, 0.15) is 5.78 Å². The molecule has 24 heavy (non-hydrogen) atoms. The molecule has 0 aromatic rings. The van der Waals surface area contributed by atoms with Crippen molar-refractivity contribution < 1.29 is 14.7 Å². The fourth-order valence-corrected chi connectivity index (χ4v) is 7.35. The third-order valence-electron chi connectivity index (χ3n) is 8.58. The fourth-order valence-electron chi connectivity index (χ4n) is 7.35. The van der Waals surface area contributed by atoms with E-state index in [2.05, 4.69) is 13.8 Å². The molecular weight excluding hydrogens is 300 g/mol. The van der Waals surface area contributed by atoms with E-state index in [4.69, 9.17) is 0 Å². The Morgan fingerprint density at radius 1 is 1.04 bits per heavy atom. The molecule has 0 saturated heterocycles. The highest BCUT2D eigenvalue weighted by Gasteiger charge is 2.60. The molecule has 3 nitrogen and oxygen atoms in total. The van der Waals surface area contributed by atoms with Crippen LogP contribution in [-0.2, 0) is 9.59 Å². The van der Waals surface area contributed by atoms with Gasteiger partial charge in [0.25, 0.3) is 0 Å². The van der Waals surface area contributed by atoms with Crippen molar-refractivity contribution in [3.8, 4) is 0 Å². The van der Waals surface area contributed by atoms with Crippen molar-refractivity contribution in [3.63, 3.8) is 0 Å². The van der Waals surface area contributed by atoms with Crippen LogP contribution in [-0.4, -0.2) is 16.7 Å². The molecule has 3 saturated carbocycles. The van der Waals surface area contributed by atoms with Crippen LogP contribution < -0.4 is 0 Å². The Kier molecular flexibility index (Phi) is 3.54. The number of rotatable bonds is 1. The lowest BCUT2D eigenvalue weighted by molar-refractivity contribution is -0.129. The molecule has 0 heterocycles. The highest BCUT2D eigenvalue weighted by molar-refractivity contribution is 5.95. The molecule has 0 aromatic carbocycles. The minimum atomic E-state index is -0.0564. The normalized spacial score (nSPS) is 47.9. The molecule has 4 aliphatic rings. The van der Waals surface area contributed by atoms with Crippen LogP contribution in [0.15, 0.2) is 11.3 Å². The molecule has 0 amide bonds. The van der Waals surface area contributed by atoms with Crippen LogP contribution in [0.25, 0.3) is 0 Å². The second-order valence-corrected chi connectivity index (χ2v) is 9.37. The standard InChI is InChI=1S/C21H30O3/c1-12(22)14-6-7-15-13-4-5-17-19(24)18(23)9-11-21(17,3)16(13)8-10-20(14,15)2/h13-16,24H,4-11H2,1-3H3/t13-,14?,15-,16-,20+,21+/m0/s1. The Hall–Kier alpha value is -1.12. The number of hydrogen-bond acceptors (Lipinski definition) is 3. The van der Waals surface area contributed by atoms with E-state index in [1.807, 2.05) is 0 Å². The van der Waals surface area contributed by atoms with Gasteiger partial charge in [0, 0.05) is 12.3 Å². The Bertz CT molecular complexity index is 633. The smallest absolute Gasteiger partial charge is 0.197 e. The summed E-state index contributed by atoms with van der Waals surface area (Å²) in [5, 5.41) is 10.4. The van der Waals surface area contributed by atoms with Crippen molar-refractivity contribution in [2.24, 2.45) is 34.5 Å². The molecule has 4 rings (SSSR count). The molecule has 6 atom stereocenters. The van der Waals surface area contributed by atoms with Crippen molar-refractivity contribution in [1.29, 1.82) is 0 Å². The van der Waals surface area contributed by atoms with Gasteiger partial charge in [0.2, 0.25) is 0 Å². The van der Waals surface area contributed by atoms with E-state index in [1.54, 1.807) is 6.92 Å². The van der Waals surface area contributed by atoms with Crippen LogP contribution in [0, 0.1) is 34.5 Å². The van der Waals surface area contributed by atoms with Crippen molar-refractivity contribution in [1.82, 2.24) is 0 Å². The Labute approximate surface area is 144 Å². The minimum Gasteiger partial charge on any atom is -0.504 e. The maximum Gasteiger partial charge on any atom is 0.197 e. The van der Waals surface area contributed by atoms with Gasteiger partial charge in [-0.05, 0) is 86.0 Å². The number of aliphatic hydroxyl groups excluding tert-OH is 1. The zero-order valence-electron chi connectivity index (χ0n) is 15.2. The molecule has 0 radical (unpaired) electrons. The largest absolute Gasteiger partial charge is 0.504 e. The van der Waals surface area contributed by atoms with Crippen LogP contribution in [0.4, 0.5) is 0 Å². The molecule has 0 bridgehead atoms. The molecule has 1 N–H and O–H groups in total. The van der Waals surface area contributed by atoms with Crippen LogP contribution in [0.3, 0.4) is 0 Å². The summed E-state index contributed by atoms with van der Waals surface area (Å²) in [6.07, 6.45) is 7.85. The summed E-state index contributed by atoms with van der Waals surface area (Å²) in [7, 11) is 0. The van der Waals surface area contributed by atoms with Gasteiger partial charge in [0.15, 0.2) is 11.5 Å². The van der Waals surface area contributed by atoms with Crippen molar-refractivity contribution in [3.05, 3.63) is 11.3 Å².